The van der Waals surface area contributed by atoms with Gasteiger partial charge >= 0.3 is 6.01 Å². The molecule has 0 atom stereocenters. The van der Waals surface area contributed by atoms with E-state index >= 15 is 0 Å². The van der Waals surface area contributed by atoms with Crippen molar-refractivity contribution >= 4 is 46.2 Å². The summed E-state index contributed by atoms with van der Waals surface area (Å²) in [6.07, 6.45) is 0.621. The molecule has 0 bridgehead atoms. The highest BCUT2D eigenvalue weighted by Gasteiger charge is 2.09. The summed E-state index contributed by atoms with van der Waals surface area (Å²) >= 11 is 13.6. The second-order valence-electron chi connectivity index (χ2n) is 4.01. The van der Waals surface area contributed by atoms with E-state index in [2.05, 4.69) is 15.5 Å². The largest absolute Gasteiger partial charge is 0.407 e. The van der Waals surface area contributed by atoms with E-state index in [0.29, 0.717) is 34.1 Å². The third-order valence-electron chi connectivity index (χ3n) is 2.54. The molecule has 4 nitrogen and oxygen atoms in total. The maximum absolute atomic E-state index is 6.06. The van der Waals surface area contributed by atoms with Gasteiger partial charge in [0, 0.05) is 9.90 Å². The van der Waals surface area contributed by atoms with Gasteiger partial charge in [-0.1, -0.05) is 34.4 Å². The number of hydrogen-bond acceptors (Lipinski definition) is 5. The van der Waals surface area contributed by atoms with E-state index in [0.717, 1.165) is 0 Å². The lowest BCUT2D eigenvalue weighted by Gasteiger charge is -2.03. The first-order chi connectivity index (χ1) is 9.70. The number of rotatable bonds is 4. The van der Waals surface area contributed by atoms with Crippen molar-refractivity contribution in [3.8, 4) is 0 Å². The first-order valence-corrected chi connectivity index (χ1v) is 7.41. The Morgan fingerprint density at radius 3 is 2.90 bits per heavy atom. The second kappa shape index (κ2) is 5.83. The van der Waals surface area contributed by atoms with E-state index in [1.54, 1.807) is 29.5 Å². The Bertz CT molecular complexity index is 712. The minimum absolute atomic E-state index is 0.292. The van der Waals surface area contributed by atoms with Crippen molar-refractivity contribution in [2.24, 2.45) is 0 Å². The fourth-order valence-corrected chi connectivity index (χ4v) is 2.68. The molecule has 2 aromatic heterocycles. The molecule has 0 unspecified atom stereocenters. The van der Waals surface area contributed by atoms with Gasteiger partial charge in [-0.15, -0.1) is 16.4 Å². The summed E-state index contributed by atoms with van der Waals surface area (Å²) in [6, 6.07) is 9.42. The predicted molar refractivity (Wildman–Crippen MR) is 81.2 cm³/mol. The highest BCUT2D eigenvalue weighted by molar-refractivity contribution is 7.09. The van der Waals surface area contributed by atoms with Crippen molar-refractivity contribution in [3.05, 3.63) is 56.5 Å². The van der Waals surface area contributed by atoms with E-state index in [1.807, 2.05) is 17.5 Å². The summed E-state index contributed by atoms with van der Waals surface area (Å²) in [7, 11) is 0. The van der Waals surface area contributed by atoms with Gasteiger partial charge in [-0.2, -0.15) is 0 Å². The summed E-state index contributed by atoms with van der Waals surface area (Å²) in [4.78, 5) is 1.17. The molecule has 3 rings (SSSR count). The minimum Gasteiger partial charge on any atom is -0.407 e. The molecule has 0 spiro atoms. The number of aromatic nitrogens is 2. The molecule has 0 aliphatic heterocycles. The second-order valence-corrected chi connectivity index (χ2v) is 5.88. The van der Waals surface area contributed by atoms with Crippen LogP contribution in [-0.4, -0.2) is 10.2 Å². The van der Waals surface area contributed by atoms with E-state index in [9.17, 15) is 0 Å². The molecule has 0 fully saturated rings. The highest BCUT2D eigenvalue weighted by atomic mass is 35.5. The average Bonchev–Trinajstić information content (AvgIpc) is 3.07. The molecule has 0 radical (unpaired) electrons. The van der Waals surface area contributed by atoms with Crippen LogP contribution in [0.15, 0.2) is 40.1 Å². The average molecular weight is 326 g/mol. The van der Waals surface area contributed by atoms with Crippen molar-refractivity contribution in [1.82, 2.24) is 10.2 Å². The highest BCUT2D eigenvalue weighted by Crippen LogP contribution is 2.28. The lowest BCUT2D eigenvalue weighted by atomic mass is 10.3. The summed E-state index contributed by atoms with van der Waals surface area (Å²) in [6.45, 7) is 0. The summed E-state index contributed by atoms with van der Waals surface area (Å²) in [5.74, 6) is 0.549. The zero-order valence-electron chi connectivity index (χ0n) is 10.1. The molecule has 2 heterocycles. The number of benzene rings is 1. The first-order valence-electron chi connectivity index (χ1n) is 5.77. The number of thiophene rings is 1. The number of halogens is 2. The number of nitrogens with zero attached hydrogens (tertiary/aromatic N) is 2. The zero-order chi connectivity index (χ0) is 13.9. The Hall–Kier alpha value is -1.56. The topological polar surface area (TPSA) is 51.0 Å². The molecular weight excluding hydrogens is 317 g/mol. The van der Waals surface area contributed by atoms with Crippen LogP contribution in [0.4, 0.5) is 11.7 Å². The van der Waals surface area contributed by atoms with Gasteiger partial charge in [0.15, 0.2) is 0 Å². The van der Waals surface area contributed by atoms with Crippen LogP contribution in [0.2, 0.25) is 10.0 Å². The fourth-order valence-electron chi connectivity index (χ4n) is 1.65. The standard InChI is InChI=1S/C13H9Cl2N3OS/c14-8-3-4-10(15)11(6-8)16-13-18-17-12(19-13)7-9-2-1-5-20-9/h1-6H,7H2,(H,16,18). The van der Waals surface area contributed by atoms with Gasteiger partial charge in [0.25, 0.3) is 0 Å². The number of nitrogens with one attached hydrogen (secondary N) is 1. The molecule has 0 saturated carbocycles. The van der Waals surface area contributed by atoms with Gasteiger partial charge < -0.3 is 9.73 Å². The van der Waals surface area contributed by atoms with Crippen LogP contribution in [-0.2, 0) is 6.42 Å². The van der Waals surface area contributed by atoms with Gasteiger partial charge in [-0.3, -0.25) is 0 Å². The SMILES string of the molecule is Clc1ccc(Cl)c(Nc2nnc(Cc3cccs3)o2)c1. The van der Waals surface area contributed by atoms with E-state index < -0.39 is 0 Å². The first kappa shape index (κ1) is 13.4. The van der Waals surface area contributed by atoms with Crippen molar-refractivity contribution in [2.75, 3.05) is 5.32 Å². The fraction of sp³-hybridized carbons (Fsp3) is 0.0769. The van der Waals surface area contributed by atoms with Crippen LogP contribution in [0.3, 0.4) is 0 Å². The molecule has 0 saturated heterocycles. The zero-order valence-corrected chi connectivity index (χ0v) is 12.5. The van der Waals surface area contributed by atoms with E-state index in [-0.39, 0.29) is 0 Å². The van der Waals surface area contributed by atoms with Gasteiger partial charge in [-0.25, -0.2) is 0 Å². The molecule has 1 N–H and O–H groups in total. The molecular formula is C13H9Cl2N3OS. The Kier molecular flexibility index (Phi) is 3.91. The van der Waals surface area contributed by atoms with Crippen LogP contribution < -0.4 is 5.32 Å². The quantitative estimate of drug-likeness (QED) is 0.750. The lowest BCUT2D eigenvalue weighted by molar-refractivity contribution is 0.522. The van der Waals surface area contributed by atoms with Gasteiger partial charge in [-0.05, 0) is 29.6 Å². The third-order valence-corrected chi connectivity index (χ3v) is 3.98. The molecule has 1 aromatic carbocycles. The molecule has 102 valence electrons. The summed E-state index contributed by atoms with van der Waals surface area (Å²) in [5, 5.41) is 14.0. The predicted octanol–water partition coefficient (Wildman–Crippen LogP) is 4.77. The lowest BCUT2D eigenvalue weighted by Crippen LogP contribution is -1.91. The van der Waals surface area contributed by atoms with Gasteiger partial charge in [0.05, 0.1) is 17.1 Å². The van der Waals surface area contributed by atoms with Gasteiger partial charge in [0.1, 0.15) is 0 Å². The third kappa shape index (κ3) is 3.12. The molecule has 3 aromatic rings. The normalized spacial score (nSPS) is 10.7. The number of anilines is 2. The van der Waals surface area contributed by atoms with Crippen LogP contribution in [0, 0.1) is 0 Å². The molecule has 0 amide bonds. The summed E-state index contributed by atoms with van der Waals surface area (Å²) < 4.78 is 5.53. The Morgan fingerprint density at radius 2 is 2.10 bits per heavy atom. The molecule has 7 heteroatoms. The molecule has 0 aliphatic rings. The molecule has 0 aliphatic carbocycles. The Labute approximate surface area is 129 Å². The minimum atomic E-state index is 0.292. The molecule has 20 heavy (non-hydrogen) atoms. The number of hydrogen-bond donors (Lipinski definition) is 1. The van der Waals surface area contributed by atoms with Crippen molar-refractivity contribution in [3.63, 3.8) is 0 Å². The Balaban J connectivity index is 1.75. The van der Waals surface area contributed by atoms with Crippen LogP contribution in [0.5, 0.6) is 0 Å². The smallest absolute Gasteiger partial charge is 0.320 e. The summed E-state index contributed by atoms with van der Waals surface area (Å²) in [5.41, 5.74) is 0.630. The van der Waals surface area contributed by atoms with Crippen molar-refractivity contribution in [1.29, 1.82) is 0 Å². The maximum Gasteiger partial charge on any atom is 0.320 e. The van der Waals surface area contributed by atoms with E-state index in [4.69, 9.17) is 27.6 Å². The van der Waals surface area contributed by atoms with Crippen molar-refractivity contribution in [2.45, 2.75) is 6.42 Å². The Morgan fingerprint density at radius 1 is 1.20 bits per heavy atom. The van der Waals surface area contributed by atoms with Gasteiger partial charge in [0.2, 0.25) is 5.89 Å². The van der Waals surface area contributed by atoms with E-state index in [1.165, 1.54) is 4.88 Å². The van der Waals surface area contributed by atoms with Crippen molar-refractivity contribution < 1.29 is 4.42 Å². The van der Waals surface area contributed by atoms with Crippen LogP contribution in [0.1, 0.15) is 10.8 Å². The maximum atomic E-state index is 6.06. The van der Waals surface area contributed by atoms with Crippen LogP contribution >= 0.6 is 34.5 Å². The monoisotopic (exact) mass is 325 g/mol. The van der Waals surface area contributed by atoms with Crippen LogP contribution in [0.25, 0.3) is 0 Å².